The first-order valence-corrected chi connectivity index (χ1v) is 4.54. The Morgan fingerprint density at radius 3 is 2.27 bits per heavy atom. The van der Waals surface area contributed by atoms with Crippen LogP contribution in [0.5, 0.6) is 0 Å². The van der Waals surface area contributed by atoms with Crippen molar-refractivity contribution in [2.75, 3.05) is 26.2 Å². The third-order valence-electron chi connectivity index (χ3n) is 2.62. The zero-order valence-electron chi connectivity index (χ0n) is 6.87. The van der Waals surface area contributed by atoms with Gasteiger partial charge in [0.05, 0.1) is 6.10 Å². The molecule has 0 radical (unpaired) electrons. The summed E-state index contributed by atoms with van der Waals surface area (Å²) in [6.07, 6.45) is 3.53. The molecule has 1 atom stereocenters. The van der Waals surface area contributed by atoms with Gasteiger partial charge in [-0.2, -0.15) is 0 Å². The number of hydrazine groups is 1. The molecule has 2 heterocycles. The van der Waals surface area contributed by atoms with Gasteiger partial charge in [-0.1, -0.05) is 0 Å². The van der Waals surface area contributed by atoms with E-state index in [4.69, 9.17) is 0 Å². The number of β-amino-alcohol motifs (C(OH)–C–C–N with tert-alkyl or cyclic N) is 1. The monoisotopic (exact) mass is 156 g/mol. The topological polar surface area (TPSA) is 26.7 Å². The second-order valence-electron chi connectivity index (χ2n) is 3.52. The maximum atomic E-state index is 9.29. The Balaban J connectivity index is 1.85. The van der Waals surface area contributed by atoms with Crippen molar-refractivity contribution < 1.29 is 5.11 Å². The van der Waals surface area contributed by atoms with Crippen LogP contribution in [0.15, 0.2) is 0 Å². The number of hydrogen-bond donors (Lipinski definition) is 1. The highest BCUT2D eigenvalue weighted by molar-refractivity contribution is 4.75. The number of aliphatic hydroxyl groups excluding tert-OH is 1. The molecule has 3 nitrogen and oxygen atoms in total. The highest BCUT2D eigenvalue weighted by Gasteiger charge is 2.26. The van der Waals surface area contributed by atoms with Crippen LogP contribution < -0.4 is 0 Å². The van der Waals surface area contributed by atoms with Gasteiger partial charge in [0.25, 0.3) is 0 Å². The quantitative estimate of drug-likeness (QED) is 0.581. The van der Waals surface area contributed by atoms with E-state index in [9.17, 15) is 5.11 Å². The van der Waals surface area contributed by atoms with Crippen molar-refractivity contribution in [3.63, 3.8) is 0 Å². The molecule has 64 valence electrons. The zero-order valence-corrected chi connectivity index (χ0v) is 6.87. The van der Waals surface area contributed by atoms with Gasteiger partial charge >= 0.3 is 0 Å². The lowest BCUT2D eigenvalue weighted by molar-refractivity contribution is 0.00945. The maximum Gasteiger partial charge on any atom is 0.0694 e. The third-order valence-corrected chi connectivity index (χ3v) is 2.62. The molecule has 0 amide bonds. The zero-order chi connectivity index (χ0) is 7.68. The first-order valence-electron chi connectivity index (χ1n) is 4.54. The Labute approximate surface area is 67.6 Å². The van der Waals surface area contributed by atoms with Gasteiger partial charge in [0, 0.05) is 26.2 Å². The molecule has 1 N–H and O–H groups in total. The Kier molecular flexibility index (Phi) is 2.11. The number of aliphatic hydroxyl groups is 1. The highest BCUT2D eigenvalue weighted by atomic mass is 16.3. The second-order valence-corrected chi connectivity index (χ2v) is 3.52. The van der Waals surface area contributed by atoms with Crippen LogP contribution in [-0.4, -0.2) is 47.4 Å². The number of hydrogen-bond acceptors (Lipinski definition) is 3. The molecule has 2 saturated heterocycles. The van der Waals surface area contributed by atoms with Gasteiger partial charge in [-0.3, -0.25) is 0 Å². The summed E-state index contributed by atoms with van der Waals surface area (Å²) in [5.41, 5.74) is 0. The van der Waals surface area contributed by atoms with Crippen molar-refractivity contribution in [1.29, 1.82) is 0 Å². The van der Waals surface area contributed by atoms with Crippen molar-refractivity contribution in [3.8, 4) is 0 Å². The maximum absolute atomic E-state index is 9.29. The van der Waals surface area contributed by atoms with Crippen LogP contribution in [0.1, 0.15) is 19.3 Å². The van der Waals surface area contributed by atoms with Crippen LogP contribution in [0.2, 0.25) is 0 Å². The first kappa shape index (κ1) is 7.53. The van der Waals surface area contributed by atoms with E-state index in [0.717, 1.165) is 19.5 Å². The van der Waals surface area contributed by atoms with Crippen molar-refractivity contribution >= 4 is 0 Å². The highest BCUT2D eigenvalue weighted by Crippen LogP contribution is 2.16. The molecule has 0 spiro atoms. The molecular formula is C8H16N2O. The van der Waals surface area contributed by atoms with Crippen molar-refractivity contribution in [2.45, 2.75) is 25.4 Å². The van der Waals surface area contributed by atoms with Gasteiger partial charge in [-0.05, 0) is 19.3 Å². The Bertz CT molecular complexity index is 134. The van der Waals surface area contributed by atoms with Crippen LogP contribution >= 0.6 is 0 Å². The van der Waals surface area contributed by atoms with Crippen molar-refractivity contribution in [1.82, 2.24) is 10.0 Å². The molecule has 0 bridgehead atoms. The van der Waals surface area contributed by atoms with Crippen LogP contribution in [0.4, 0.5) is 0 Å². The summed E-state index contributed by atoms with van der Waals surface area (Å²) in [5.74, 6) is 0. The fraction of sp³-hybridized carbons (Fsp3) is 1.00. The Morgan fingerprint density at radius 2 is 1.73 bits per heavy atom. The molecule has 0 aromatic rings. The van der Waals surface area contributed by atoms with Crippen LogP contribution in [0.3, 0.4) is 0 Å². The van der Waals surface area contributed by atoms with Crippen LogP contribution in [0, 0.1) is 0 Å². The van der Waals surface area contributed by atoms with Gasteiger partial charge in [-0.25, -0.2) is 10.0 Å². The predicted molar refractivity (Wildman–Crippen MR) is 43.0 cm³/mol. The number of rotatable bonds is 1. The Hall–Kier alpha value is -0.120. The molecule has 11 heavy (non-hydrogen) atoms. The fourth-order valence-electron chi connectivity index (χ4n) is 1.96. The van der Waals surface area contributed by atoms with E-state index >= 15 is 0 Å². The summed E-state index contributed by atoms with van der Waals surface area (Å²) < 4.78 is 0. The van der Waals surface area contributed by atoms with E-state index in [2.05, 4.69) is 10.0 Å². The summed E-state index contributed by atoms with van der Waals surface area (Å²) in [4.78, 5) is 0. The van der Waals surface area contributed by atoms with Gasteiger partial charge in [0.15, 0.2) is 0 Å². The van der Waals surface area contributed by atoms with Gasteiger partial charge < -0.3 is 5.11 Å². The third kappa shape index (κ3) is 1.55. The molecule has 2 fully saturated rings. The second kappa shape index (κ2) is 3.09. The minimum Gasteiger partial charge on any atom is -0.392 e. The minimum atomic E-state index is -0.0735. The van der Waals surface area contributed by atoms with E-state index in [1.165, 1.54) is 25.9 Å². The van der Waals surface area contributed by atoms with Gasteiger partial charge in [-0.15, -0.1) is 0 Å². The predicted octanol–water partition coefficient (Wildman–Crippen LogP) is 0.0638. The average Bonchev–Trinajstić information content (AvgIpc) is 2.55. The molecule has 0 aliphatic carbocycles. The SMILES string of the molecule is O[C@H]1CCN(N2CCCC2)C1. The van der Waals surface area contributed by atoms with Gasteiger partial charge in [0.1, 0.15) is 0 Å². The van der Waals surface area contributed by atoms with E-state index in [1.807, 2.05) is 0 Å². The molecule has 0 saturated carbocycles. The standard InChI is InChI=1S/C8H16N2O/c11-8-3-6-10(7-8)9-4-1-2-5-9/h8,11H,1-7H2/t8-/m0/s1. The summed E-state index contributed by atoms with van der Waals surface area (Å²) in [5, 5.41) is 14.0. The lowest BCUT2D eigenvalue weighted by atomic mass is 10.3. The normalized spacial score (nSPS) is 35.2. The first-order chi connectivity index (χ1) is 5.36. The molecule has 0 unspecified atom stereocenters. The Morgan fingerprint density at radius 1 is 1.00 bits per heavy atom. The lowest BCUT2D eigenvalue weighted by Crippen LogP contribution is -2.39. The van der Waals surface area contributed by atoms with E-state index in [1.54, 1.807) is 0 Å². The molecule has 0 aromatic heterocycles. The molecule has 2 rings (SSSR count). The molecule has 3 heteroatoms. The largest absolute Gasteiger partial charge is 0.392 e. The molecular weight excluding hydrogens is 140 g/mol. The average molecular weight is 156 g/mol. The summed E-state index contributed by atoms with van der Waals surface area (Å²) >= 11 is 0. The number of nitrogens with zero attached hydrogens (tertiary/aromatic N) is 2. The molecule has 0 aromatic carbocycles. The smallest absolute Gasteiger partial charge is 0.0694 e. The lowest BCUT2D eigenvalue weighted by Gasteiger charge is -2.26. The van der Waals surface area contributed by atoms with Crippen molar-refractivity contribution in [3.05, 3.63) is 0 Å². The van der Waals surface area contributed by atoms with Crippen molar-refractivity contribution in [2.24, 2.45) is 0 Å². The van der Waals surface area contributed by atoms with Gasteiger partial charge in [0.2, 0.25) is 0 Å². The van der Waals surface area contributed by atoms with E-state index in [0.29, 0.717) is 0 Å². The van der Waals surface area contributed by atoms with Crippen LogP contribution in [0.25, 0.3) is 0 Å². The molecule has 2 aliphatic rings. The fourth-order valence-corrected chi connectivity index (χ4v) is 1.96. The summed E-state index contributed by atoms with van der Waals surface area (Å²) in [6, 6.07) is 0. The van der Waals surface area contributed by atoms with Crippen LogP contribution in [-0.2, 0) is 0 Å². The summed E-state index contributed by atoms with van der Waals surface area (Å²) in [7, 11) is 0. The molecule has 2 aliphatic heterocycles. The summed E-state index contributed by atoms with van der Waals surface area (Å²) in [6.45, 7) is 4.32. The van der Waals surface area contributed by atoms with E-state index < -0.39 is 0 Å². The van der Waals surface area contributed by atoms with E-state index in [-0.39, 0.29) is 6.10 Å². The minimum absolute atomic E-state index is 0.0735.